The molecule has 2 heterocycles. The minimum absolute atomic E-state index is 0.0187. The first kappa shape index (κ1) is 23.3. The van der Waals surface area contributed by atoms with Crippen molar-refractivity contribution in [3.8, 4) is 0 Å². The van der Waals surface area contributed by atoms with Gasteiger partial charge < -0.3 is 14.6 Å². The van der Waals surface area contributed by atoms with E-state index in [4.69, 9.17) is 9.47 Å². The van der Waals surface area contributed by atoms with Crippen LogP contribution in [0.1, 0.15) is 99.8 Å². The lowest BCUT2D eigenvalue weighted by Gasteiger charge is -2.61. The molecule has 0 aromatic rings. The highest BCUT2D eigenvalue weighted by Gasteiger charge is 2.88. The maximum absolute atomic E-state index is 14.9. The van der Waals surface area contributed by atoms with E-state index in [2.05, 4.69) is 34.6 Å². The van der Waals surface area contributed by atoms with Crippen molar-refractivity contribution in [3.63, 3.8) is 0 Å². The zero-order chi connectivity index (χ0) is 25.2. The zero-order valence-corrected chi connectivity index (χ0v) is 22.7. The molecule has 5 nitrogen and oxygen atoms in total. The number of hydrogen-bond acceptors (Lipinski definition) is 5. The molecule has 3 spiro atoms. The van der Waals surface area contributed by atoms with Crippen molar-refractivity contribution in [2.24, 2.45) is 50.7 Å². The molecule has 2 saturated heterocycles. The Hall–Kier alpha value is -0.780. The second kappa shape index (κ2) is 6.10. The molecule has 1 N–H and O–H groups in total. The molecule has 5 unspecified atom stereocenters. The van der Waals surface area contributed by atoms with Crippen LogP contribution in [-0.2, 0) is 19.1 Å². The third-order valence-corrected chi connectivity index (χ3v) is 13.7. The maximum Gasteiger partial charge on any atom is 0.234 e. The van der Waals surface area contributed by atoms with Gasteiger partial charge in [0.05, 0.1) is 11.7 Å². The fourth-order valence-electron chi connectivity index (χ4n) is 12.2. The molecule has 0 radical (unpaired) electrons. The van der Waals surface area contributed by atoms with Gasteiger partial charge in [-0.2, -0.15) is 0 Å². The number of carbonyl (C=O) groups is 2. The molecule has 194 valence electrons. The van der Waals surface area contributed by atoms with Crippen molar-refractivity contribution in [1.29, 1.82) is 0 Å². The number of carbonyl (C=O) groups excluding carboxylic acids is 2. The van der Waals surface area contributed by atoms with Gasteiger partial charge in [0.25, 0.3) is 0 Å². The fourth-order valence-corrected chi connectivity index (χ4v) is 12.2. The van der Waals surface area contributed by atoms with Crippen LogP contribution in [0.15, 0.2) is 0 Å². The number of rotatable bonds is 1. The molecule has 2 bridgehead atoms. The molecule has 7 rings (SSSR count). The van der Waals surface area contributed by atoms with E-state index < -0.39 is 22.9 Å². The molecule has 0 aromatic heterocycles. The van der Waals surface area contributed by atoms with E-state index in [9.17, 15) is 14.7 Å². The standard InChI is InChI=1S/C30H44O5/c1-16-14-17-22(25(4,5)33)35-30(34-17)21(16)26(6)12-13-29-15-28(29)11-10-20(31)24(2,3)18(28)8-9-19(29)27(26,7)23(30)32/h16-19,21-22,33H,8-15H2,1-7H3/t16?,17?,18?,19?,21?,22-,26-,27-,28-,29+,30+/m1/s1. The van der Waals surface area contributed by atoms with Crippen LogP contribution in [-0.4, -0.2) is 40.3 Å². The molecular weight excluding hydrogens is 440 g/mol. The first-order valence-electron chi connectivity index (χ1n) is 14.3. The summed E-state index contributed by atoms with van der Waals surface area (Å²) in [5, 5.41) is 10.9. The van der Waals surface area contributed by atoms with E-state index in [0.29, 0.717) is 30.0 Å². The van der Waals surface area contributed by atoms with Crippen molar-refractivity contribution >= 4 is 11.6 Å². The van der Waals surface area contributed by atoms with Crippen LogP contribution in [0.5, 0.6) is 0 Å². The molecule has 5 saturated carbocycles. The minimum Gasteiger partial charge on any atom is -0.388 e. The molecule has 2 aliphatic heterocycles. The first-order chi connectivity index (χ1) is 16.1. The number of ketones is 2. The Morgan fingerprint density at radius 2 is 1.60 bits per heavy atom. The van der Waals surface area contributed by atoms with Crippen LogP contribution < -0.4 is 0 Å². The Kier molecular flexibility index (Phi) is 4.07. The van der Waals surface area contributed by atoms with Gasteiger partial charge in [-0.05, 0) is 92.8 Å². The van der Waals surface area contributed by atoms with Gasteiger partial charge in [0, 0.05) is 23.2 Å². The predicted molar refractivity (Wildman–Crippen MR) is 130 cm³/mol. The van der Waals surface area contributed by atoms with Gasteiger partial charge in [-0.3, -0.25) is 9.59 Å². The fraction of sp³-hybridized carbons (Fsp3) is 0.933. The summed E-state index contributed by atoms with van der Waals surface area (Å²) in [4.78, 5) is 27.8. The normalized spacial score (nSPS) is 59.8. The Morgan fingerprint density at radius 3 is 2.29 bits per heavy atom. The van der Waals surface area contributed by atoms with Gasteiger partial charge in [0.15, 0.2) is 5.78 Å². The molecule has 5 aliphatic carbocycles. The van der Waals surface area contributed by atoms with Crippen LogP contribution in [0, 0.1) is 50.7 Å². The average Bonchev–Trinajstić information content (AvgIpc) is 3.28. The van der Waals surface area contributed by atoms with E-state index >= 15 is 0 Å². The molecule has 7 fully saturated rings. The second-order valence-corrected chi connectivity index (χ2v) is 15.5. The van der Waals surface area contributed by atoms with E-state index in [1.54, 1.807) is 13.8 Å². The lowest BCUT2D eigenvalue weighted by atomic mass is 9.41. The van der Waals surface area contributed by atoms with E-state index in [1.807, 2.05) is 0 Å². The van der Waals surface area contributed by atoms with Gasteiger partial charge in [-0.25, -0.2) is 0 Å². The molecule has 11 atom stereocenters. The van der Waals surface area contributed by atoms with Gasteiger partial charge >= 0.3 is 0 Å². The van der Waals surface area contributed by atoms with Gasteiger partial charge in [0.2, 0.25) is 5.79 Å². The Morgan fingerprint density at radius 1 is 0.943 bits per heavy atom. The van der Waals surface area contributed by atoms with E-state index in [0.717, 1.165) is 38.5 Å². The lowest BCUT2D eigenvalue weighted by Crippen LogP contribution is -2.58. The van der Waals surface area contributed by atoms with Crippen molar-refractivity contribution in [1.82, 2.24) is 0 Å². The van der Waals surface area contributed by atoms with Crippen LogP contribution in [0.4, 0.5) is 0 Å². The highest BCUT2D eigenvalue weighted by molar-refractivity contribution is 5.96. The summed E-state index contributed by atoms with van der Waals surface area (Å²) in [5.74, 6) is 0.471. The number of aliphatic hydroxyl groups is 1. The summed E-state index contributed by atoms with van der Waals surface area (Å²) in [6.07, 6.45) is 7.28. The van der Waals surface area contributed by atoms with Crippen LogP contribution in [0.3, 0.4) is 0 Å². The SMILES string of the molecule is CC1CC2O[C@@]3(O[C@H]2C(C)(C)O)C(=O)[C@@]2(C)C4CCC5C(C)(C)C(=O)CC[C@@]56C[C@@]46CC[C@]2(C)C13. The van der Waals surface area contributed by atoms with Crippen LogP contribution >= 0.6 is 0 Å². The molecule has 5 heteroatoms. The Balaban J connectivity index is 1.34. The van der Waals surface area contributed by atoms with Crippen molar-refractivity contribution in [2.45, 2.75) is 123 Å². The summed E-state index contributed by atoms with van der Waals surface area (Å²) < 4.78 is 13.3. The second-order valence-electron chi connectivity index (χ2n) is 15.5. The molecule has 7 aliphatic rings. The average molecular weight is 485 g/mol. The van der Waals surface area contributed by atoms with Crippen molar-refractivity contribution in [3.05, 3.63) is 0 Å². The summed E-state index contributed by atoms with van der Waals surface area (Å²) in [6.45, 7) is 14.9. The van der Waals surface area contributed by atoms with Gasteiger partial charge in [-0.15, -0.1) is 0 Å². The van der Waals surface area contributed by atoms with Gasteiger partial charge in [-0.1, -0.05) is 34.6 Å². The lowest BCUT2D eigenvalue weighted by molar-refractivity contribution is -0.236. The number of Topliss-reactive ketones (excluding diaryl/α,β-unsaturated/α-hetero) is 2. The summed E-state index contributed by atoms with van der Waals surface area (Å²) in [5.41, 5.74) is -1.59. The molecule has 0 amide bonds. The third kappa shape index (κ3) is 2.20. The maximum atomic E-state index is 14.9. The minimum atomic E-state index is -1.22. The number of hydrogen-bond donors (Lipinski definition) is 1. The smallest absolute Gasteiger partial charge is 0.234 e. The molecule has 0 aromatic carbocycles. The summed E-state index contributed by atoms with van der Waals surface area (Å²) in [6, 6.07) is 0. The van der Waals surface area contributed by atoms with E-state index in [-0.39, 0.29) is 39.5 Å². The highest BCUT2D eigenvalue weighted by Crippen LogP contribution is 2.89. The number of ether oxygens (including phenoxy) is 2. The van der Waals surface area contributed by atoms with Crippen molar-refractivity contribution < 1.29 is 24.2 Å². The zero-order valence-electron chi connectivity index (χ0n) is 22.7. The largest absolute Gasteiger partial charge is 0.388 e. The molecular formula is C30H44O5. The third-order valence-electron chi connectivity index (χ3n) is 13.7. The Labute approximate surface area is 210 Å². The van der Waals surface area contributed by atoms with E-state index in [1.165, 1.54) is 6.42 Å². The molecule has 35 heavy (non-hydrogen) atoms. The quantitative estimate of drug-likeness (QED) is 0.562. The van der Waals surface area contributed by atoms with Crippen LogP contribution in [0.25, 0.3) is 0 Å². The number of fused-ring (bicyclic) bond motifs is 4. The van der Waals surface area contributed by atoms with Crippen LogP contribution in [0.2, 0.25) is 0 Å². The highest BCUT2D eigenvalue weighted by atomic mass is 16.8. The topological polar surface area (TPSA) is 72.8 Å². The Bertz CT molecular complexity index is 1040. The van der Waals surface area contributed by atoms with Crippen molar-refractivity contribution in [2.75, 3.05) is 0 Å². The summed E-state index contributed by atoms with van der Waals surface area (Å²) >= 11 is 0. The first-order valence-corrected chi connectivity index (χ1v) is 14.3. The summed E-state index contributed by atoms with van der Waals surface area (Å²) in [7, 11) is 0. The van der Waals surface area contributed by atoms with Gasteiger partial charge in [0.1, 0.15) is 11.9 Å². The predicted octanol–water partition coefficient (Wildman–Crippen LogP) is 5.07. The monoisotopic (exact) mass is 484 g/mol.